The number of fused-ring (bicyclic) bond motifs is 1. The number of rotatable bonds is 2. The van der Waals surface area contributed by atoms with Crippen LogP contribution < -0.4 is 0 Å². The van der Waals surface area contributed by atoms with Gasteiger partial charge in [0.1, 0.15) is 0 Å². The molecular formula is C16H15F3N4. The van der Waals surface area contributed by atoms with Crippen LogP contribution in [-0.4, -0.2) is 28.3 Å². The lowest BCUT2D eigenvalue weighted by molar-refractivity contribution is -0.142. The van der Waals surface area contributed by atoms with Gasteiger partial charge in [0.2, 0.25) is 0 Å². The quantitative estimate of drug-likeness (QED) is 0.855. The molecule has 2 aromatic rings. The smallest absolute Gasteiger partial charge is 0.302 e. The van der Waals surface area contributed by atoms with E-state index >= 15 is 0 Å². The van der Waals surface area contributed by atoms with E-state index in [1.54, 1.807) is 31.3 Å². The van der Waals surface area contributed by atoms with Gasteiger partial charge in [-0.1, -0.05) is 12.1 Å². The number of hydrogen-bond acceptors (Lipinski definition) is 3. The summed E-state index contributed by atoms with van der Waals surface area (Å²) in [4.78, 5) is 1.87. The average Bonchev–Trinajstić information content (AvgIpc) is 2.86. The van der Waals surface area contributed by atoms with Crippen LogP contribution >= 0.6 is 0 Å². The van der Waals surface area contributed by atoms with E-state index in [2.05, 4.69) is 5.10 Å². The minimum Gasteiger partial charge on any atom is -0.302 e. The van der Waals surface area contributed by atoms with Gasteiger partial charge in [0.05, 0.1) is 18.2 Å². The summed E-state index contributed by atoms with van der Waals surface area (Å²) in [6.45, 7) is 1.24. The maximum atomic E-state index is 13.2. The standard InChI is InChI=1S/C16H15F3N4/c1-22-7-6-14-13(10-22)15(16(17,18)19)21-23(14)9-12-4-2-11(8-20)3-5-12/h2-5H,6-7,9-10H2,1H3. The Labute approximate surface area is 131 Å². The minimum atomic E-state index is -4.45. The summed E-state index contributed by atoms with van der Waals surface area (Å²) in [5.41, 5.74) is 1.49. The van der Waals surface area contributed by atoms with Crippen molar-refractivity contribution in [2.24, 2.45) is 0 Å². The van der Waals surface area contributed by atoms with Gasteiger partial charge in [0.15, 0.2) is 5.69 Å². The third-order valence-electron chi connectivity index (χ3n) is 4.01. The predicted octanol–water partition coefficient (Wildman–Crippen LogP) is 2.81. The minimum absolute atomic E-state index is 0.261. The Kier molecular flexibility index (Phi) is 3.86. The zero-order valence-corrected chi connectivity index (χ0v) is 12.6. The number of nitriles is 1. The van der Waals surface area contributed by atoms with Gasteiger partial charge in [-0.15, -0.1) is 0 Å². The average molecular weight is 320 g/mol. The van der Waals surface area contributed by atoms with E-state index in [0.717, 1.165) is 5.56 Å². The van der Waals surface area contributed by atoms with E-state index < -0.39 is 11.9 Å². The van der Waals surface area contributed by atoms with Crippen LogP contribution in [0.3, 0.4) is 0 Å². The van der Waals surface area contributed by atoms with Gasteiger partial charge in [-0.3, -0.25) is 4.68 Å². The van der Waals surface area contributed by atoms with E-state index in [1.807, 2.05) is 11.0 Å². The molecule has 23 heavy (non-hydrogen) atoms. The molecule has 0 radical (unpaired) electrons. The van der Waals surface area contributed by atoms with Crippen molar-refractivity contribution in [1.82, 2.24) is 14.7 Å². The molecule has 0 bridgehead atoms. The van der Waals surface area contributed by atoms with Crippen molar-refractivity contribution in [1.29, 1.82) is 5.26 Å². The molecular weight excluding hydrogens is 305 g/mol. The second-order valence-electron chi connectivity index (χ2n) is 5.73. The summed E-state index contributed by atoms with van der Waals surface area (Å²) < 4.78 is 41.1. The third kappa shape index (κ3) is 3.08. The summed E-state index contributed by atoms with van der Waals surface area (Å²) in [5, 5.41) is 12.6. The highest BCUT2D eigenvalue weighted by atomic mass is 19.4. The Morgan fingerprint density at radius 1 is 1.26 bits per heavy atom. The van der Waals surface area contributed by atoms with Gasteiger partial charge >= 0.3 is 6.18 Å². The van der Waals surface area contributed by atoms with Gasteiger partial charge < -0.3 is 4.90 Å². The number of likely N-dealkylation sites (N-methyl/N-ethyl adjacent to an activating group) is 1. The van der Waals surface area contributed by atoms with Crippen LogP contribution in [0.2, 0.25) is 0 Å². The fourth-order valence-corrected chi connectivity index (χ4v) is 2.84. The second-order valence-corrected chi connectivity index (χ2v) is 5.73. The summed E-state index contributed by atoms with van der Waals surface area (Å²) in [5.74, 6) is 0. The van der Waals surface area contributed by atoms with Gasteiger partial charge in [-0.25, -0.2) is 0 Å². The number of alkyl halides is 3. The first-order valence-electron chi connectivity index (χ1n) is 7.22. The predicted molar refractivity (Wildman–Crippen MR) is 77.5 cm³/mol. The first kappa shape index (κ1) is 15.6. The van der Waals surface area contributed by atoms with Crippen LogP contribution in [0, 0.1) is 11.3 Å². The van der Waals surface area contributed by atoms with Crippen LogP contribution in [0.1, 0.15) is 28.1 Å². The SMILES string of the molecule is CN1CCc2c(c(C(F)(F)F)nn2Cc2ccc(C#N)cc2)C1. The lowest BCUT2D eigenvalue weighted by atomic mass is 10.1. The molecule has 1 aromatic heterocycles. The maximum absolute atomic E-state index is 13.2. The molecule has 0 atom stereocenters. The Morgan fingerprint density at radius 2 is 1.96 bits per heavy atom. The second kappa shape index (κ2) is 5.70. The molecule has 0 saturated heterocycles. The Bertz CT molecular complexity index is 753. The van der Waals surface area contributed by atoms with Crippen molar-refractivity contribution in [3.05, 3.63) is 52.3 Å². The molecule has 3 rings (SSSR count). The van der Waals surface area contributed by atoms with Gasteiger partial charge in [0, 0.05) is 30.8 Å². The van der Waals surface area contributed by atoms with Gasteiger partial charge in [-0.2, -0.15) is 23.5 Å². The number of hydrogen-bond donors (Lipinski definition) is 0. The molecule has 0 amide bonds. The van der Waals surface area contributed by atoms with Crippen LogP contribution in [0.25, 0.3) is 0 Å². The lowest BCUT2D eigenvalue weighted by Crippen LogP contribution is -2.28. The molecule has 0 saturated carbocycles. The highest BCUT2D eigenvalue weighted by Crippen LogP contribution is 2.35. The molecule has 1 aliphatic rings. The van der Waals surface area contributed by atoms with Gasteiger partial charge in [0.25, 0.3) is 0 Å². The summed E-state index contributed by atoms with van der Waals surface area (Å²) >= 11 is 0. The Balaban J connectivity index is 1.97. The third-order valence-corrected chi connectivity index (χ3v) is 4.01. The first-order valence-corrected chi connectivity index (χ1v) is 7.22. The van der Waals surface area contributed by atoms with Crippen molar-refractivity contribution in [3.63, 3.8) is 0 Å². The molecule has 0 aliphatic carbocycles. The first-order chi connectivity index (χ1) is 10.9. The number of nitrogens with zero attached hydrogens (tertiary/aromatic N) is 4. The largest absolute Gasteiger partial charge is 0.435 e. The molecule has 4 nitrogen and oxygen atoms in total. The van der Waals surface area contributed by atoms with Crippen molar-refractivity contribution >= 4 is 0 Å². The van der Waals surface area contributed by atoms with Crippen molar-refractivity contribution < 1.29 is 13.2 Å². The summed E-state index contributed by atoms with van der Waals surface area (Å²) in [6.07, 6.45) is -3.90. The van der Waals surface area contributed by atoms with E-state index in [1.165, 1.54) is 4.68 Å². The molecule has 1 aromatic carbocycles. The molecule has 0 unspecified atom stereocenters. The lowest BCUT2D eigenvalue weighted by Gasteiger charge is -2.23. The number of halogens is 3. The fourth-order valence-electron chi connectivity index (χ4n) is 2.84. The van der Waals surface area contributed by atoms with E-state index in [4.69, 9.17) is 5.26 Å². The molecule has 0 N–H and O–H groups in total. The Hall–Kier alpha value is -2.33. The van der Waals surface area contributed by atoms with Crippen molar-refractivity contribution in [3.8, 4) is 6.07 Å². The molecule has 0 fully saturated rings. The summed E-state index contributed by atoms with van der Waals surface area (Å²) in [6, 6.07) is 8.82. The molecule has 1 aliphatic heterocycles. The molecule has 0 spiro atoms. The molecule has 2 heterocycles. The van der Waals surface area contributed by atoms with Crippen LogP contribution in [0.15, 0.2) is 24.3 Å². The van der Waals surface area contributed by atoms with E-state index in [-0.39, 0.29) is 18.7 Å². The highest BCUT2D eigenvalue weighted by Gasteiger charge is 2.40. The van der Waals surface area contributed by atoms with Gasteiger partial charge in [-0.05, 0) is 24.7 Å². The zero-order chi connectivity index (χ0) is 16.6. The highest BCUT2D eigenvalue weighted by molar-refractivity contribution is 5.34. The van der Waals surface area contributed by atoms with Crippen molar-refractivity contribution in [2.45, 2.75) is 25.7 Å². The normalized spacial score (nSPS) is 15.3. The molecule has 7 heteroatoms. The number of aromatic nitrogens is 2. The Morgan fingerprint density at radius 3 is 2.57 bits per heavy atom. The molecule has 120 valence electrons. The fraction of sp³-hybridized carbons (Fsp3) is 0.375. The summed E-state index contributed by atoms with van der Waals surface area (Å²) in [7, 11) is 1.81. The van der Waals surface area contributed by atoms with E-state index in [0.29, 0.717) is 24.2 Å². The van der Waals surface area contributed by atoms with Crippen LogP contribution in [-0.2, 0) is 25.7 Å². The monoisotopic (exact) mass is 320 g/mol. The maximum Gasteiger partial charge on any atom is 0.435 e. The topological polar surface area (TPSA) is 44.9 Å². The van der Waals surface area contributed by atoms with Crippen LogP contribution in [0.4, 0.5) is 13.2 Å². The van der Waals surface area contributed by atoms with E-state index in [9.17, 15) is 13.2 Å². The zero-order valence-electron chi connectivity index (χ0n) is 12.6. The number of benzene rings is 1. The van der Waals surface area contributed by atoms with Crippen LogP contribution in [0.5, 0.6) is 0 Å². The van der Waals surface area contributed by atoms with Crippen molar-refractivity contribution in [2.75, 3.05) is 13.6 Å².